The van der Waals surface area contributed by atoms with E-state index in [1.165, 1.54) is 38.5 Å². The van der Waals surface area contributed by atoms with Gasteiger partial charge in [0, 0.05) is 6.54 Å². The molecule has 1 heterocycles. The van der Waals surface area contributed by atoms with Crippen molar-refractivity contribution in [3.8, 4) is 0 Å². The summed E-state index contributed by atoms with van der Waals surface area (Å²) in [6.45, 7) is 3.10. The van der Waals surface area contributed by atoms with Gasteiger partial charge in [-0.05, 0) is 50.6 Å². The number of rotatable bonds is 4. The largest absolute Gasteiger partial charge is 0.480 e. The summed E-state index contributed by atoms with van der Waals surface area (Å²) in [4.78, 5) is 13.0. The molecule has 0 amide bonds. The van der Waals surface area contributed by atoms with Crippen molar-refractivity contribution in [3.05, 3.63) is 0 Å². The topological polar surface area (TPSA) is 66.6 Å². The van der Waals surface area contributed by atoms with Crippen LogP contribution in [-0.2, 0) is 4.79 Å². The number of hydrogen-bond acceptors (Lipinski definition) is 3. The fraction of sp³-hybridized carbons (Fsp3) is 0.923. The summed E-state index contributed by atoms with van der Waals surface area (Å²) >= 11 is 0. The van der Waals surface area contributed by atoms with Crippen molar-refractivity contribution >= 4 is 5.97 Å². The summed E-state index contributed by atoms with van der Waals surface area (Å²) in [6.07, 6.45) is 8.81. The molecule has 1 spiro atoms. The zero-order valence-corrected chi connectivity index (χ0v) is 10.5. The van der Waals surface area contributed by atoms with Crippen LogP contribution in [0, 0.1) is 5.41 Å². The highest BCUT2D eigenvalue weighted by molar-refractivity contribution is 5.72. The Balaban J connectivity index is 1.70. The molecule has 4 nitrogen and oxygen atoms in total. The number of nitrogens with two attached hydrogens (primary N) is 1. The summed E-state index contributed by atoms with van der Waals surface area (Å²) in [6, 6.07) is -0.697. The molecule has 2 fully saturated rings. The quantitative estimate of drug-likeness (QED) is 0.780. The first-order valence-corrected chi connectivity index (χ1v) is 6.82. The molecular formula is C13H24N2O2. The van der Waals surface area contributed by atoms with Crippen LogP contribution in [0.5, 0.6) is 0 Å². The van der Waals surface area contributed by atoms with Crippen LogP contribution in [0.4, 0.5) is 0 Å². The first kappa shape index (κ1) is 12.8. The summed E-state index contributed by atoms with van der Waals surface area (Å²) in [5.41, 5.74) is 6.17. The van der Waals surface area contributed by atoms with Crippen molar-refractivity contribution in [1.82, 2.24) is 4.90 Å². The van der Waals surface area contributed by atoms with Gasteiger partial charge in [0.25, 0.3) is 0 Å². The van der Waals surface area contributed by atoms with Crippen LogP contribution in [0.2, 0.25) is 0 Å². The minimum atomic E-state index is -0.880. The van der Waals surface area contributed by atoms with Crippen LogP contribution in [0.3, 0.4) is 0 Å². The van der Waals surface area contributed by atoms with E-state index in [2.05, 4.69) is 4.90 Å². The molecule has 1 saturated heterocycles. The zero-order valence-electron chi connectivity index (χ0n) is 10.5. The molecule has 2 rings (SSSR count). The molecule has 1 unspecified atom stereocenters. The second kappa shape index (κ2) is 5.36. The molecule has 1 aliphatic carbocycles. The Labute approximate surface area is 103 Å². The first-order chi connectivity index (χ1) is 8.11. The lowest BCUT2D eigenvalue weighted by atomic mass is 9.77. The van der Waals surface area contributed by atoms with E-state index in [0.717, 1.165) is 19.6 Å². The number of carboxylic acids is 1. The van der Waals surface area contributed by atoms with Crippen LogP contribution < -0.4 is 5.73 Å². The van der Waals surface area contributed by atoms with Crippen molar-refractivity contribution in [2.45, 2.75) is 51.0 Å². The van der Waals surface area contributed by atoms with Gasteiger partial charge in [-0.15, -0.1) is 0 Å². The second-order valence-electron chi connectivity index (χ2n) is 5.78. The highest BCUT2D eigenvalue weighted by Gasteiger charge is 2.36. The summed E-state index contributed by atoms with van der Waals surface area (Å²) in [5, 5.41) is 8.74. The third-order valence-electron chi connectivity index (χ3n) is 4.65. The first-order valence-electron chi connectivity index (χ1n) is 6.82. The van der Waals surface area contributed by atoms with Gasteiger partial charge in [-0.2, -0.15) is 0 Å². The van der Waals surface area contributed by atoms with Gasteiger partial charge in [-0.1, -0.05) is 12.8 Å². The average Bonchev–Trinajstić information content (AvgIpc) is 2.76. The Morgan fingerprint density at radius 1 is 1.24 bits per heavy atom. The lowest BCUT2D eigenvalue weighted by molar-refractivity contribution is -0.138. The van der Waals surface area contributed by atoms with Gasteiger partial charge in [0.1, 0.15) is 6.04 Å². The molecule has 3 N–H and O–H groups in total. The molecule has 0 aromatic carbocycles. The monoisotopic (exact) mass is 240 g/mol. The minimum absolute atomic E-state index is 0.572. The van der Waals surface area contributed by atoms with Crippen molar-refractivity contribution in [1.29, 1.82) is 0 Å². The van der Waals surface area contributed by atoms with Crippen LogP contribution in [-0.4, -0.2) is 41.7 Å². The van der Waals surface area contributed by atoms with Gasteiger partial charge in [0.15, 0.2) is 0 Å². The minimum Gasteiger partial charge on any atom is -0.480 e. The molecule has 2 aliphatic rings. The lowest BCUT2D eigenvalue weighted by Gasteiger charge is -2.39. The smallest absolute Gasteiger partial charge is 0.320 e. The van der Waals surface area contributed by atoms with Gasteiger partial charge in [-0.3, -0.25) is 4.79 Å². The summed E-state index contributed by atoms with van der Waals surface area (Å²) in [5.74, 6) is -0.880. The molecule has 1 saturated carbocycles. The van der Waals surface area contributed by atoms with Crippen molar-refractivity contribution < 1.29 is 9.90 Å². The lowest BCUT2D eigenvalue weighted by Crippen LogP contribution is -2.41. The number of piperidine rings is 1. The van der Waals surface area contributed by atoms with Gasteiger partial charge in [0.2, 0.25) is 0 Å². The number of carboxylic acid groups (broad SMARTS) is 1. The van der Waals surface area contributed by atoms with Crippen molar-refractivity contribution in [3.63, 3.8) is 0 Å². The van der Waals surface area contributed by atoms with E-state index in [9.17, 15) is 4.79 Å². The normalized spacial score (nSPS) is 26.2. The molecule has 1 aliphatic heterocycles. The molecule has 4 heteroatoms. The molecule has 17 heavy (non-hydrogen) atoms. The van der Waals surface area contributed by atoms with Crippen molar-refractivity contribution in [2.75, 3.05) is 19.6 Å². The second-order valence-corrected chi connectivity index (χ2v) is 5.78. The van der Waals surface area contributed by atoms with Crippen LogP contribution in [0.25, 0.3) is 0 Å². The fourth-order valence-electron chi connectivity index (χ4n) is 3.32. The summed E-state index contributed by atoms with van der Waals surface area (Å²) < 4.78 is 0. The SMILES string of the molecule is NC(CCN1CCC2(CCCC2)CC1)C(=O)O. The number of carbonyl (C=O) groups is 1. The molecule has 0 radical (unpaired) electrons. The maximum atomic E-state index is 10.6. The predicted octanol–water partition coefficient (Wildman–Crippen LogP) is 1.44. The van der Waals surface area contributed by atoms with Crippen LogP contribution >= 0.6 is 0 Å². The van der Waals surface area contributed by atoms with E-state index in [1.807, 2.05) is 0 Å². The fourth-order valence-corrected chi connectivity index (χ4v) is 3.32. The van der Waals surface area contributed by atoms with Crippen LogP contribution in [0.15, 0.2) is 0 Å². The Bertz CT molecular complexity index is 265. The highest BCUT2D eigenvalue weighted by atomic mass is 16.4. The zero-order chi connectivity index (χ0) is 12.3. The predicted molar refractivity (Wildman–Crippen MR) is 66.8 cm³/mol. The maximum absolute atomic E-state index is 10.6. The molecule has 1 atom stereocenters. The van der Waals surface area contributed by atoms with Crippen LogP contribution in [0.1, 0.15) is 44.9 Å². The molecule has 0 bridgehead atoms. The van der Waals surface area contributed by atoms with Crippen molar-refractivity contribution in [2.24, 2.45) is 11.1 Å². The molecule has 98 valence electrons. The molecule has 0 aromatic heterocycles. The third kappa shape index (κ3) is 3.19. The van der Waals surface area contributed by atoms with Gasteiger partial charge < -0.3 is 15.7 Å². The standard InChI is InChI=1S/C13H24N2O2/c14-11(12(16)17)3-8-15-9-6-13(7-10-15)4-1-2-5-13/h11H,1-10,14H2,(H,16,17). The van der Waals surface area contributed by atoms with E-state index in [0.29, 0.717) is 11.8 Å². The van der Waals surface area contributed by atoms with E-state index < -0.39 is 12.0 Å². The Morgan fingerprint density at radius 2 is 1.82 bits per heavy atom. The third-order valence-corrected chi connectivity index (χ3v) is 4.65. The van der Waals surface area contributed by atoms with E-state index in [-0.39, 0.29) is 0 Å². The summed E-state index contributed by atoms with van der Waals surface area (Å²) in [7, 11) is 0. The number of aliphatic carboxylic acids is 1. The number of likely N-dealkylation sites (tertiary alicyclic amines) is 1. The number of nitrogens with zero attached hydrogens (tertiary/aromatic N) is 1. The Morgan fingerprint density at radius 3 is 2.35 bits per heavy atom. The Kier molecular flexibility index (Phi) is 4.05. The molecule has 0 aromatic rings. The van der Waals surface area contributed by atoms with Gasteiger partial charge >= 0.3 is 5.97 Å². The van der Waals surface area contributed by atoms with E-state index in [4.69, 9.17) is 10.8 Å². The van der Waals surface area contributed by atoms with E-state index in [1.54, 1.807) is 0 Å². The Hall–Kier alpha value is -0.610. The highest BCUT2D eigenvalue weighted by Crippen LogP contribution is 2.45. The van der Waals surface area contributed by atoms with Gasteiger partial charge in [0.05, 0.1) is 0 Å². The average molecular weight is 240 g/mol. The maximum Gasteiger partial charge on any atom is 0.320 e. The number of hydrogen-bond donors (Lipinski definition) is 2. The molecular weight excluding hydrogens is 216 g/mol. The van der Waals surface area contributed by atoms with E-state index >= 15 is 0 Å². The van der Waals surface area contributed by atoms with Gasteiger partial charge in [-0.25, -0.2) is 0 Å².